The van der Waals surface area contributed by atoms with Crippen molar-refractivity contribution in [1.82, 2.24) is 10.2 Å². The molecule has 0 bridgehead atoms. The smallest absolute Gasteiger partial charge is 0.257 e. The highest BCUT2D eigenvalue weighted by molar-refractivity contribution is 7.80. The van der Waals surface area contributed by atoms with Crippen LogP contribution in [0.25, 0.3) is 0 Å². The molecule has 0 aliphatic rings. The van der Waals surface area contributed by atoms with Crippen molar-refractivity contribution in [2.45, 2.75) is 12.8 Å². The molecule has 0 aliphatic carbocycles. The fraction of sp³-hybridized carbons (Fsp3) is 0.211. The van der Waals surface area contributed by atoms with Crippen LogP contribution in [0.3, 0.4) is 0 Å². The fourth-order valence-electron chi connectivity index (χ4n) is 2.32. The topological polar surface area (TPSA) is 75.4 Å². The Morgan fingerprint density at radius 3 is 2.31 bits per heavy atom. The lowest BCUT2D eigenvalue weighted by atomic mass is 10.1. The first-order valence-corrected chi connectivity index (χ1v) is 8.54. The number of amides is 2. The average Bonchev–Trinajstić information content (AvgIpc) is 2.62. The Morgan fingerprint density at radius 2 is 1.69 bits per heavy atom. The first-order valence-electron chi connectivity index (χ1n) is 8.14. The minimum Gasteiger partial charge on any atom is -0.370 e. The lowest BCUT2D eigenvalue weighted by Crippen LogP contribution is -2.44. The summed E-state index contributed by atoms with van der Waals surface area (Å²) in [5.41, 5.74) is 6.64. The van der Waals surface area contributed by atoms with Crippen LogP contribution in [0, 0.1) is 5.82 Å². The number of nitrogens with zero attached hydrogens (tertiary/aromatic N) is 1. The molecule has 2 rings (SSSR count). The Hall–Kier alpha value is -2.80. The lowest BCUT2D eigenvalue weighted by molar-refractivity contribution is -0.118. The summed E-state index contributed by atoms with van der Waals surface area (Å²) in [7, 11) is 0. The van der Waals surface area contributed by atoms with Crippen LogP contribution in [0.1, 0.15) is 22.3 Å². The summed E-state index contributed by atoms with van der Waals surface area (Å²) in [5.74, 6) is -1.30. The SMILES string of the molecule is NC(=O)CCN(CCc1ccccc1)C(=S)NC(=O)c1ccc(F)cc1. The van der Waals surface area contributed by atoms with E-state index in [0.29, 0.717) is 25.1 Å². The number of primary amides is 1. The van der Waals surface area contributed by atoms with Crippen molar-refractivity contribution < 1.29 is 14.0 Å². The van der Waals surface area contributed by atoms with E-state index < -0.39 is 17.6 Å². The van der Waals surface area contributed by atoms with E-state index in [1.165, 1.54) is 24.3 Å². The maximum Gasteiger partial charge on any atom is 0.257 e. The molecule has 0 spiro atoms. The molecule has 0 saturated heterocycles. The standard InChI is InChI=1S/C19H20FN3O2S/c20-16-8-6-15(7-9-16)18(25)22-19(26)23(13-11-17(21)24)12-10-14-4-2-1-3-5-14/h1-9H,10-13H2,(H2,21,24)(H,22,25,26). The summed E-state index contributed by atoms with van der Waals surface area (Å²) < 4.78 is 13.0. The second-order valence-corrected chi connectivity index (χ2v) is 6.09. The van der Waals surface area contributed by atoms with Crippen LogP contribution in [0.15, 0.2) is 54.6 Å². The quantitative estimate of drug-likeness (QED) is 0.730. The molecule has 0 atom stereocenters. The number of nitrogens with one attached hydrogen (secondary N) is 1. The number of hydrogen-bond acceptors (Lipinski definition) is 3. The normalized spacial score (nSPS) is 10.2. The summed E-state index contributed by atoms with van der Waals surface area (Å²) in [4.78, 5) is 25.1. The van der Waals surface area contributed by atoms with Gasteiger partial charge in [-0.1, -0.05) is 30.3 Å². The molecule has 0 fully saturated rings. The molecule has 26 heavy (non-hydrogen) atoms. The number of thiocarbonyl (C=S) groups is 1. The van der Waals surface area contributed by atoms with Gasteiger partial charge >= 0.3 is 0 Å². The van der Waals surface area contributed by atoms with E-state index in [0.717, 1.165) is 5.56 Å². The molecule has 3 N–H and O–H groups in total. The Balaban J connectivity index is 2.00. The van der Waals surface area contributed by atoms with Gasteiger partial charge in [0.05, 0.1) is 0 Å². The summed E-state index contributed by atoms with van der Waals surface area (Å²) in [6, 6.07) is 15.0. The number of benzene rings is 2. The zero-order valence-electron chi connectivity index (χ0n) is 14.2. The van der Waals surface area contributed by atoms with E-state index >= 15 is 0 Å². The Morgan fingerprint density at radius 1 is 1.04 bits per heavy atom. The number of carbonyl (C=O) groups is 2. The molecule has 0 heterocycles. The van der Waals surface area contributed by atoms with E-state index in [1.807, 2.05) is 30.3 Å². The van der Waals surface area contributed by atoms with Gasteiger partial charge in [0.25, 0.3) is 5.91 Å². The lowest BCUT2D eigenvalue weighted by Gasteiger charge is -2.25. The number of rotatable bonds is 7. The predicted molar refractivity (Wildman–Crippen MR) is 102 cm³/mol. The van der Waals surface area contributed by atoms with E-state index in [-0.39, 0.29) is 11.5 Å². The van der Waals surface area contributed by atoms with Gasteiger partial charge in [0.15, 0.2) is 5.11 Å². The maximum atomic E-state index is 13.0. The van der Waals surface area contributed by atoms with Gasteiger partial charge in [-0.2, -0.15) is 0 Å². The van der Waals surface area contributed by atoms with Crippen LogP contribution >= 0.6 is 12.2 Å². The van der Waals surface area contributed by atoms with Gasteiger partial charge in [-0.3, -0.25) is 14.9 Å². The highest BCUT2D eigenvalue weighted by Crippen LogP contribution is 2.05. The Labute approximate surface area is 157 Å². The average molecular weight is 373 g/mol. The summed E-state index contributed by atoms with van der Waals surface area (Å²) in [6.45, 7) is 0.838. The van der Waals surface area contributed by atoms with Crippen molar-refractivity contribution in [2.24, 2.45) is 5.73 Å². The molecular formula is C19H20FN3O2S. The molecule has 5 nitrogen and oxygen atoms in total. The minimum absolute atomic E-state index is 0.126. The van der Waals surface area contributed by atoms with Crippen molar-refractivity contribution >= 4 is 29.1 Å². The molecule has 0 saturated carbocycles. The number of halogens is 1. The van der Waals surface area contributed by atoms with Crippen molar-refractivity contribution in [3.63, 3.8) is 0 Å². The molecule has 2 aromatic rings. The van der Waals surface area contributed by atoms with Gasteiger partial charge < -0.3 is 10.6 Å². The Bertz CT molecular complexity index is 766. The van der Waals surface area contributed by atoms with Gasteiger partial charge in [0.2, 0.25) is 5.91 Å². The van der Waals surface area contributed by atoms with Gasteiger partial charge in [0, 0.05) is 25.1 Å². The fourth-order valence-corrected chi connectivity index (χ4v) is 2.59. The summed E-state index contributed by atoms with van der Waals surface area (Å²) in [6.07, 6.45) is 0.827. The number of nitrogens with two attached hydrogens (primary N) is 1. The van der Waals surface area contributed by atoms with Gasteiger partial charge in [-0.05, 0) is 48.5 Å². The predicted octanol–water partition coefficient (Wildman–Crippen LogP) is 2.26. The molecular weight excluding hydrogens is 353 g/mol. The second-order valence-electron chi connectivity index (χ2n) is 5.71. The van der Waals surface area contributed by atoms with Gasteiger partial charge in [-0.15, -0.1) is 0 Å². The molecule has 0 radical (unpaired) electrons. The van der Waals surface area contributed by atoms with E-state index in [9.17, 15) is 14.0 Å². The molecule has 2 aromatic carbocycles. The molecule has 136 valence electrons. The van der Waals surface area contributed by atoms with E-state index in [1.54, 1.807) is 4.90 Å². The molecule has 0 unspecified atom stereocenters. The van der Waals surface area contributed by atoms with Crippen molar-refractivity contribution in [3.8, 4) is 0 Å². The minimum atomic E-state index is -0.442. The number of carbonyl (C=O) groups excluding carboxylic acids is 2. The number of hydrogen-bond donors (Lipinski definition) is 2. The maximum absolute atomic E-state index is 13.0. The van der Waals surface area contributed by atoms with Crippen LogP contribution in [-0.4, -0.2) is 34.9 Å². The first-order chi connectivity index (χ1) is 12.5. The van der Waals surface area contributed by atoms with E-state index in [4.69, 9.17) is 18.0 Å². The highest BCUT2D eigenvalue weighted by atomic mass is 32.1. The summed E-state index contributed by atoms with van der Waals surface area (Å²) >= 11 is 5.31. The Kier molecular flexibility index (Phi) is 7.23. The van der Waals surface area contributed by atoms with Gasteiger partial charge in [0.1, 0.15) is 5.82 Å². The zero-order chi connectivity index (χ0) is 18.9. The molecule has 7 heteroatoms. The first kappa shape index (κ1) is 19.5. The van der Waals surface area contributed by atoms with Gasteiger partial charge in [-0.25, -0.2) is 4.39 Å². The van der Waals surface area contributed by atoms with Crippen molar-refractivity contribution in [3.05, 3.63) is 71.5 Å². The van der Waals surface area contributed by atoms with Crippen LogP contribution in [0.4, 0.5) is 4.39 Å². The van der Waals surface area contributed by atoms with E-state index in [2.05, 4.69) is 5.32 Å². The van der Waals surface area contributed by atoms with Crippen molar-refractivity contribution in [2.75, 3.05) is 13.1 Å². The second kappa shape index (κ2) is 9.62. The highest BCUT2D eigenvalue weighted by Gasteiger charge is 2.15. The van der Waals surface area contributed by atoms with Crippen LogP contribution < -0.4 is 11.1 Å². The third-order valence-electron chi connectivity index (χ3n) is 3.76. The molecule has 0 aromatic heterocycles. The third-order valence-corrected chi connectivity index (χ3v) is 4.12. The molecule has 0 aliphatic heterocycles. The molecule has 2 amide bonds. The van der Waals surface area contributed by atoms with Crippen LogP contribution in [-0.2, 0) is 11.2 Å². The third kappa shape index (κ3) is 6.25. The monoisotopic (exact) mass is 373 g/mol. The summed E-state index contributed by atoms with van der Waals surface area (Å²) in [5, 5.41) is 2.82. The van der Waals surface area contributed by atoms with Crippen LogP contribution in [0.2, 0.25) is 0 Å². The van der Waals surface area contributed by atoms with Crippen LogP contribution in [0.5, 0.6) is 0 Å². The largest absolute Gasteiger partial charge is 0.370 e. The zero-order valence-corrected chi connectivity index (χ0v) is 15.0. The van der Waals surface area contributed by atoms with Crippen molar-refractivity contribution in [1.29, 1.82) is 0 Å².